The molecule has 2 aromatic rings. The summed E-state index contributed by atoms with van der Waals surface area (Å²) in [6, 6.07) is 6.98. The maximum Gasteiger partial charge on any atom is 0.309 e. The molecule has 4 bridgehead atoms. The van der Waals surface area contributed by atoms with E-state index in [9.17, 15) is 19.5 Å². The van der Waals surface area contributed by atoms with Crippen LogP contribution in [0, 0.1) is 23.7 Å². The van der Waals surface area contributed by atoms with Crippen molar-refractivity contribution in [1.29, 1.82) is 0 Å². The second kappa shape index (κ2) is 7.62. The van der Waals surface area contributed by atoms with E-state index in [-0.39, 0.29) is 16.8 Å². The third-order valence-corrected chi connectivity index (χ3v) is 7.73. The molecule has 9 heteroatoms. The molecule has 1 heterocycles. The van der Waals surface area contributed by atoms with Crippen LogP contribution >= 0.6 is 11.6 Å². The van der Waals surface area contributed by atoms with Gasteiger partial charge in [0.15, 0.2) is 0 Å². The average Bonchev–Trinajstić information content (AvgIpc) is 2.71. The van der Waals surface area contributed by atoms with Gasteiger partial charge in [-0.1, -0.05) is 11.6 Å². The molecule has 8 nitrogen and oxygen atoms in total. The molecular formula is C23H25ClN4O4. The number of anilines is 3. The standard InChI is InChI=1S/C23H25ClN4O4/c1-12(29)26-16-2-4-17(5-3-16)27-18-11-25-28(21(30)20(18)24)23-9-13-6-14(10-23)8-15(7-13)19(23)22(31)32/h2-5,11,13-15,19,27H,6-10H2,1H3,(H,26,29)(H,31,32)/t13-,14-,15?,19+,23?/m0/s1. The Morgan fingerprint density at radius 1 is 1.12 bits per heavy atom. The summed E-state index contributed by atoms with van der Waals surface area (Å²) >= 11 is 6.48. The highest BCUT2D eigenvalue weighted by molar-refractivity contribution is 6.33. The van der Waals surface area contributed by atoms with Crippen LogP contribution in [-0.2, 0) is 15.1 Å². The lowest BCUT2D eigenvalue weighted by molar-refractivity contribution is -0.168. The number of benzene rings is 1. The molecule has 4 fully saturated rings. The van der Waals surface area contributed by atoms with Crippen molar-refractivity contribution in [2.75, 3.05) is 10.6 Å². The van der Waals surface area contributed by atoms with E-state index >= 15 is 0 Å². The molecule has 32 heavy (non-hydrogen) atoms. The minimum atomic E-state index is -0.847. The van der Waals surface area contributed by atoms with Crippen LogP contribution in [0.25, 0.3) is 0 Å². The molecule has 168 valence electrons. The van der Waals surface area contributed by atoms with Crippen LogP contribution in [0.2, 0.25) is 5.02 Å². The number of aliphatic carboxylic acids is 1. The topological polar surface area (TPSA) is 113 Å². The van der Waals surface area contributed by atoms with Gasteiger partial charge in [0.05, 0.1) is 23.3 Å². The van der Waals surface area contributed by atoms with Crippen molar-refractivity contribution in [3.8, 4) is 0 Å². The number of halogens is 1. The molecule has 0 unspecified atom stereocenters. The molecule has 6 rings (SSSR count). The summed E-state index contributed by atoms with van der Waals surface area (Å²) in [6.45, 7) is 1.44. The van der Waals surface area contributed by atoms with Gasteiger partial charge in [0, 0.05) is 18.3 Å². The number of carbonyl (C=O) groups is 2. The zero-order valence-electron chi connectivity index (χ0n) is 17.7. The summed E-state index contributed by atoms with van der Waals surface area (Å²) in [5.74, 6) is -0.653. The van der Waals surface area contributed by atoms with Gasteiger partial charge in [-0.25, -0.2) is 4.68 Å². The smallest absolute Gasteiger partial charge is 0.309 e. The Morgan fingerprint density at radius 3 is 2.34 bits per heavy atom. The van der Waals surface area contributed by atoms with Gasteiger partial charge in [-0.15, -0.1) is 0 Å². The molecule has 0 radical (unpaired) electrons. The lowest BCUT2D eigenvalue weighted by atomic mass is 9.48. The van der Waals surface area contributed by atoms with Crippen molar-refractivity contribution in [2.45, 2.75) is 44.6 Å². The molecule has 3 N–H and O–H groups in total. The Kier molecular flexibility index (Phi) is 5.00. The molecule has 0 spiro atoms. The minimum Gasteiger partial charge on any atom is -0.481 e. The van der Waals surface area contributed by atoms with Gasteiger partial charge in [-0.3, -0.25) is 14.4 Å². The first-order valence-electron chi connectivity index (χ1n) is 10.9. The molecule has 4 aliphatic rings. The van der Waals surface area contributed by atoms with Crippen LogP contribution in [-0.4, -0.2) is 26.8 Å². The van der Waals surface area contributed by atoms with Gasteiger partial charge in [-0.2, -0.15) is 5.10 Å². The van der Waals surface area contributed by atoms with Crippen molar-refractivity contribution >= 4 is 40.5 Å². The number of nitrogens with zero attached hydrogens (tertiary/aromatic N) is 2. The van der Waals surface area contributed by atoms with Crippen molar-refractivity contribution in [1.82, 2.24) is 9.78 Å². The van der Waals surface area contributed by atoms with Crippen LogP contribution in [0.1, 0.15) is 39.0 Å². The molecular weight excluding hydrogens is 432 g/mol. The van der Waals surface area contributed by atoms with E-state index in [2.05, 4.69) is 15.7 Å². The summed E-state index contributed by atoms with van der Waals surface area (Å²) in [5.41, 5.74) is 0.429. The lowest BCUT2D eigenvalue weighted by Crippen LogP contribution is -2.63. The van der Waals surface area contributed by atoms with Crippen LogP contribution in [0.5, 0.6) is 0 Å². The average molecular weight is 457 g/mol. The summed E-state index contributed by atoms with van der Waals surface area (Å²) in [4.78, 5) is 36.7. The maximum absolute atomic E-state index is 13.3. The zero-order valence-corrected chi connectivity index (χ0v) is 18.4. The molecule has 3 atom stereocenters. The number of carboxylic acids is 1. The largest absolute Gasteiger partial charge is 0.481 e. The lowest BCUT2D eigenvalue weighted by Gasteiger charge is -2.59. The van der Waals surface area contributed by atoms with Crippen LogP contribution in [0.4, 0.5) is 17.1 Å². The van der Waals surface area contributed by atoms with Crippen molar-refractivity contribution in [3.63, 3.8) is 0 Å². The fraction of sp³-hybridized carbons (Fsp3) is 0.478. The number of hydrogen-bond donors (Lipinski definition) is 3. The number of nitrogens with one attached hydrogen (secondary N) is 2. The third kappa shape index (κ3) is 3.37. The number of rotatable bonds is 5. The number of hydrogen-bond acceptors (Lipinski definition) is 5. The van der Waals surface area contributed by atoms with Gasteiger partial charge >= 0.3 is 5.97 Å². The number of carbonyl (C=O) groups excluding carboxylic acids is 1. The first-order chi connectivity index (χ1) is 15.3. The second-order valence-corrected chi connectivity index (χ2v) is 9.88. The highest BCUT2D eigenvalue weighted by atomic mass is 35.5. The van der Waals surface area contributed by atoms with Crippen molar-refractivity contribution in [3.05, 3.63) is 45.8 Å². The van der Waals surface area contributed by atoms with Crippen LogP contribution < -0.4 is 16.2 Å². The van der Waals surface area contributed by atoms with Crippen molar-refractivity contribution < 1.29 is 14.7 Å². The van der Waals surface area contributed by atoms with E-state index in [4.69, 9.17) is 11.6 Å². The van der Waals surface area contributed by atoms with E-state index < -0.39 is 23.0 Å². The van der Waals surface area contributed by atoms with Gasteiger partial charge < -0.3 is 15.7 Å². The number of aromatic nitrogens is 2. The van der Waals surface area contributed by atoms with E-state index in [0.717, 1.165) is 19.3 Å². The fourth-order valence-corrected chi connectivity index (χ4v) is 6.74. The zero-order chi connectivity index (χ0) is 22.6. The van der Waals surface area contributed by atoms with Crippen LogP contribution in [0.15, 0.2) is 35.3 Å². The first-order valence-corrected chi connectivity index (χ1v) is 11.3. The van der Waals surface area contributed by atoms with E-state index in [0.29, 0.717) is 41.7 Å². The summed E-state index contributed by atoms with van der Waals surface area (Å²) in [7, 11) is 0. The predicted molar refractivity (Wildman–Crippen MR) is 120 cm³/mol. The van der Waals surface area contributed by atoms with E-state index in [1.165, 1.54) is 17.8 Å². The fourth-order valence-electron chi connectivity index (χ4n) is 6.57. The molecule has 1 aromatic carbocycles. The third-order valence-electron chi connectivity index (χ3n) is 7.36. The number of carboxylic acid groups (broad SMARTS) is 1. The summed E-state index contributed by atoms with van der Waals surface area (Å²) in [6.07, 6.45) is 5.79. The van der Waals surface area contributed by atoms with Crippen molar-refractivity contribution in [2.24, 2.45) is 23.7 Å². The predicted octanol–water partition coefficient (Wildman–Crippen LogP) is 3.83. The molecule has 0 saturated heterocycles. The van der Waals surface area contributed by atoms with E-state index in [1.54, 1.807) is 24.3 Å². The Bertz CT molecular complexity index is 1130. The summed E-state index contributed by atoms with van der Waals surface area (Å²) in [5, 5.41) is 20.3. The molecule has 1 amide bonds. The SMILES string of the molecule is CC(=O)Nc1ccc(Nc2cnn(C34C[C@@H]5CC(C[C@H](C5)C3)[C@@H]4C(=O)O)c(=O)c2Cl)cc1. The molecule has 4 aliphatic carbocycles. The Balaban J connectivity index is 1.47. The second-order valence-electron chi connectivity index (χ2n) is 9.50. The van der Waals surface area contributed by atoms with Gasteiger partial charge in [0.1, 0.15) is 5.02 Å². The Labute approximate surface area is 190 Å². The van der Waals surface area contributed by atoms with Crippen LogP contribution in [0.3, 0.4) is 0 Å². The van der Waals surface area contributed by atoms with Gasteiger partial charge in [-0.05, 0) is 74.1 Å². The summed E-state index contributed by atoms with van der Waals surface area (Å²) < 4.78 is 1.38. The number of amides is 1. The molecule has 1 aromatic heterocycles. The normalized spacial score (nSPS) is 30.2. The molecule has 4 saturated carbocycles. The monoisotopic (exact) mass is 456 g/mol. The van der Waals surface area contributed by atoms with E-state index in [1.807, 2.05) is 0 Å². The Hall–Kier alpha value is -2.87. The minimum absolute atomic E-state index is 0.00850. The first kappa shape index (κ1) is 21.0. The Morgan fingerprint density at radius 2 is 1.75 bits per heavy atom. The van der Waals surface area contributed by atoms with Gasteiger partial charge in [0.25, 0.3) is 5.56 Å². The highest BCUT2D eigenvalue weighted by Crippen LogP contribution is 2.61. The maximum atomic E-state index is 13.3. The van der Waals surface area contributed by atoms with Gasteiger partial charge in [0.2, 0.25) is 5.91 Å². The quantitative estimate of drug-likeness (QED) is 0.630. The highest BCUT2D eigenvalue weighted by Gasteiger charge is 2.61. The molecule has 0 aliphatic heterocycles.